The van der Waals surface area contributed by atoms with Crippen molar-refractivity contribution in [3.8, 4) is 11.1 Å². The zero-order valence-electron chi connectivity index (χ0n) is 13.5. The molecule has 0 aliphatic heterocycles. The number of thioether (sulfide) groups is 1. The lowest BCUT2D eigenvalue weighted by Gasteiger charge is -2.07. The largest absolute Gasteiger partial charge is 0.511 e. The van der Waals surface area contributed by atoms with Crippen LogP contribution in [0, 0.1) is 6.92 Å². The van der Waals surface area contributed by atoms with Crippen LogP contribution >= 0.6 is 23.1 Å². The minimum absolute atomic E-state index is 0.00591. The van der Waals surface area contributed by atoms with Gasteiger partial charge in [-0.15, -0.1) is 11.3 Å². The third kappa shape index (κ3) is 3.20. The normalized spacial score (nSPS) is 12.3. The van der Waals surface area contributed by atoms with Crippen molar-refractivity contribution < 1.29 is 9.90 Å². The van der Waals surface area contributed by atoms with E-state index in [4.69, 9.17) is 0 Å². The van der Waals surface area contributed by atoms with Crippen LogP contribution in [0.25, 0.3) is 21.3 Å². The zero-order chi connectivity index (χ0) is 17.3. The molecular weight excluding hydrogens is 340 g/mol. The highest BCUT2D eigenvalue weighted by molar-refractivity contribution is 8.04. The summed E-state index contributed by atoms with van der Waals surface area (Å²) in [5.74, 6) is -0.176. The fourth-order valence-corrected chi connectivity index (χ4v) is 4.24. The van der Waals surface area contributed by atoms with Gasteiger partial charge in [0.15, 0.2) is 5.78 Å². The number of thiophene rings is 1. The first-order valence-corrected chi connectivity index (χ1v) is 9.05. The van der Waals surface area contributed by atoms with Gasteiger partial charge in [-0.3, -0.25) is 4.79 Å². The molecular formula is C18H16N2O2S2. The lowest BCUT2D eigenvalue weighted by atomic mass is 10.1. The van der Waals surface area contributed by atoms with Gasteiger partial charge < -0.3 is 5.11 Å². The highest BCUT2D eigenvalue weighted by Gasteiger charge is 2.18. The Hall–Kier alpha value is -2.18. The molecule has 0 bridgehead atoms. The number of aryl methyl sites for hydroxylation is 1. The molecule has 0 radical (unpaired) electrons. The Morgan fingerprint density at radius 2 is 1.88 bits per heavy atom. The van der Waals surface area contributed by atoms with Crippen molar-refractivity contribution in [2.24, 2.45) is 0 Å². The number of fused-ring (bicyclic) bond motifs is 1. The third-order valence-electron chi connectivity index (χ3n) is 3.55. The summed E-state index contributed by atoms with van der Waals surface area (Å²) in [5.41, 5.74) is 3.32. The topological polar surface area (TPSA) is 63.1 Å². The Kier molecular flexibility index (Phi) is 4.69. The molecule has 4 nitrogen and oxygen atoms in total. The van der Waals surface area contributed by atoms with Crippen molar-refractivity contribution >= 4 is 39.1 Å². The molecule has 0 atom stereocenters. The van der Waals surface area contributed by atoms with Crippen LogP contribution in [-0.4, -0.2) is 20.9 Å². The number of aliphatic hydroxyl groups is 1. The summed E-state index contributed by atoms with van der Waals surface area (Å²) in [6.07, 6.45) is 1.49. The number of hydrogen-bond acceptors (Lipinski definition) is 6. The van der Waals surface area contributed by atoms with E-state index in [2.05, 4.69) is 39.6 Å². The van der Waals surface area contributed by atoms with Crippen molar-refractivity contribution in [2.45, 2.75) is 25.8 Å². The second kappa shape index (κ2) is 6.75. The smallest absolute Gasteiger partial charge is 0.169 e. The summed E-state index contributed by atoms with van der Waals surface area (Å²) >= 11 is 2.73. The quantitative estimate of drug-likeness (QED) is 0.304. The second-order valence-corrected chi connectivity index (χ2v) is 7.30. The second-order valence-electron chi connectivity index (χ2n) is 5.45. The maximum Gasteiger partial charge on any atom is 0.169 e. The third-order valence-corrected chi connectivity index (χ3v) is 5.72. The number of aliphatic hydroxyl groups excluding tert-OH is 1. The van der Waals surface area contributed by atoms with Crippen molar-refractivity contribution in [1.29, 1.82) is 0 Å². The fraction of sp³-hybridized carbons (Fsp3) is 0.167. The van der Waals surface area contributed by atoms with Gasteiger partial charge in [0.2, 0.25) is 0 Å². The van der Waals surface area contributed by atoms with Gasteiger partial charge in [0.1, 0.15) is 21.9 Å². The van der Waals surface area contributed by atoms with Crippen LogP contribution in [0.1, 0.15) is 19.4 Å². The monoisotopic (exact) mass is 356 g/mol. The Bertz CT molecular complexity index is 939. The van der Waals surface area contributed by atoms with Gasteiger partial charge in [-0.1, -0.05) is 41.6 Å². The van der Waals surface area contributed by atoms with Crippen LogP contribution in [0.5, 0.6) is 0 Å². The van der Waals surface area contributed by atoms with E-state index in [1.807, 2.05) is 6.92 Å². The summed E-state index contributed by atoms with van der Waals surface area (Å²) in [6.45, 7) is 5.00. The molecule has 3 rings (SSSR count). The lowest BCUT2D eigenvalue weighted by molar-refractivity contribution is -0.113. The molecule has 0 unspecified atom stereocenters. The zero-order valence-corrected chi connectivity index (χ0v) is 15.2. The predicted molar refractivity (Wildman–Crippen MR) is 99.5 cm³/mol. The van der Waals surface area contributed by atoms with Crippen LogP contribution in [0.4, 0.5) is 0 Å². The Labute approximate surface area is 148 Å². The number of hydrogen-bond donors (Lipinski definition) is 1. The van der Waals surface area contributed by atoms with E-state index >= 15 is 0 Å². The summed E-state index contributed by atoms with van der Waals surface area (Å²) < 4.78 is 0. The number of nitrogens with zero attached hydrogens (tertiary/aromatic N) is 2. The van der Waals surface area contributed by atoms with Gasteiger partial charge in [-0.25, -0.2) is 9.97 Å². The lowest BCUT2D eigenvalue weighted by Crippen LogP contribution is -1.97. The summed E-state index contributed by atoms with van der Waals surface area (Å²) in [4.78, 5) is 21.6. The molecule has 0 saturated carbocycles. The van der Waals surface area contributed by atoms with Crippen LogP contribution in [0.2, 0.25) is 0 Å². The van der Waals surface area contributed by atoms with E-state index in [0.717, 1.165) is 21.3 Å². The number of carbonyl (C=O) groups is 1. The average Bonchev–Trinajstić information content (AvgIpc) is 2.97. The Morgan fingerprint density at radius 3 is 2.50 bits per heavy atom. The average molecular weight is 356 g/mol. The molecule has 24 heavy (non-hydrogen) atoms. The summed E-state index contributed by atoms with van der Waals surface area (Å²) in [6, 6.07) is 8.26. The van der Waals surface area contributed by atoms with Crippen LogP contribution in [-0.2, 0) is 4.79 Å². The Balaban J connectivity index is 2.16. The van der Waals surface area contributed by atoms with Gasteiger partial charge in [-0.2, -0.15) is 0 Å². The van der Waals surface area contributed by atoms with E-state index in [0.29, 0.717) is 9.93 Å². The molecule has 122 valence electrons. The first kappa shape index (κ1) is 16.7. The van der Waals surface area contributed by atoms with Gasteiger partial charge in [0.05, 0.1) is 10.3 Å². The van der Waals surface area contributed by atoms with Crippen LogP contribution < -0.4 is 0 Å². The highest BCUT2D eigenvalue weighted by Crippen LogP contribution is 2.40. The number of benzene rings is 1. The molecule has 3 aromatic rings. The molecule has 0 aliphatic rings. The maximum absolute atomic E-state index is 11.8. The molecule has 0 fully saturated rings. The summed E-state index contributed by atoms with van der Waals surface area (Å²) in [7, 11) is 0. The van der Waals surface area contributed by atoms with E-state index in [-0.39, 0.29) is 11.5 Å². The van der Waals surface area contributed by atoms with Gasteiger partial charge in [0.25, 0.3) is 0 Å². The number of allylic oxidation sites excluding steroid dienone is 2. The molecule has 1 aromatic carbocycles. The SMILES string of the molecule is CC(=O)C(Sc1ncnc2scc(-c3ccc(C)cc3)c12)=C(C)O. The number of carbonyl (C=O) groups excluding carboxylic acids is 1. The van der Waals surface area contributed by atoms with Crippen molar-refractivity contribution in [2.75, 3.05) is 0 Å². The molecule has 2 aromatic heterocycles. The molecule has 0 amide bonds. The van der Waals surface area contributed by atoms with Crippen molar-refractivity contribution in [3.05, 3.63) is 52.2 Å². The fourth-order valence-electron chi connectivity index (χ4n) is 2.37. The molecule has 0 saturated heterocycles. The van der Waals surface area contributed by atoms with E-state index in [1.165, 1.54) is 37.5 Å². The van der Waals surface area contributed by atoms with Crippen LogP contribution in [0.3, 0.4) is 0 Å². The van der Waals surface area contributed by atoms with E-state index in [1.54, 1.807) is 11.3 Å². The number of ketones is 1. The number of rotatable bonds is 4. The van der Waals surface area contributed by atoms with E-state index in [9.17, 15) is 9.90 Å². The Morgan fingerprint density at radius 1 is 1.17 bits per heavy atom. The minimum Gasteiger partial charge on any atom is -0.511 e. The molecule has 2 heterocycles. The number of aromatic nitrogens is 2. The number of Topliss-reactive ketones (excluding diaryl/α,β-unsaturated/α-hetero) is 1. The van der Waals surface area contributed by atoms with Gasteiger partial charge >= 0.3 is 0 Å². The van der Waals surface area contributed by atoms with E-state index < -0.39 is 0 Å². The summed E-state index contributed by atoms with van der Waals surface area (Å²) in [5, 5.41) is 13.4. The predicted octanol–water partition coefficient (Wildman–Crippen LogP) is 5.14. The molecule has 0 aliphatic carbocycles. The standard InChI is InChI=1S/C18H16N2O2S2/c1-10-4-6-13(7-5-10)14-8-23-17-15(14)18(20-9-19-17)24-16(11(2)21)12(3)22/h4-9,21H,1-3H3. The first-order valence-electron chi connectivity index (χ1n) is 7.35. The van der Waals surface area contributed by atoms with Gasteiger partial charge in [-0.05, 0) is 26.3 Å². The minimum atomic E-state index is -0.182. The molecule has 0 spiro atoms. The first-order chi connectivity index (χ1) is 11.5. The molecule has 1 N–H and O–H groups in total. The molecule has 6 heteroatoms. The maximum atomic E-state index is 11.8. The van der Waals surface area contributed by atoms with Crippen molar-refractivity contribution in [3.63, 3.8) is 0 Å². The highest BCUT2D eigenvalue weighted by atomic mass is 32.2. The van der Waals surface area contributed by atoms with Gasteiger partial charge in [0, 0.05) is 10.9 Å². The van der Waals surface area contributed by atoms with Crippen LogP contribution in [0.15, 0.2) is 51.7 Å². The van der Waals surface area contributed by atoms with Crippen molar-refractivity contribution in [1.82, 2.24) is 9.97 Å².